The zero-order chi connectivity index (χ0) is 16.7. The number of nitrogens with zero attached hydrogens (tertiary/aromatic N) is 1. The van der Waals surface area contributed by atoms with Gasteiger partial charge < -0.3 is 14.8 Å². The Hall–Kier alpha value is -2.55. The highest BCUT2D eigenvalue weighted by atomic mass is 16.5. The largest absolute Gasteiger partial charge is 0.496 e. The van der Waals surface area contributed by atoms with Crippen molar-refractivity contribution in [2.75, 3.05) is 13.7 Å². The van der Waals surface area contributed by atoms with Gasteiger partial charge in [0.15, 0.2) is 6.61 Å². The van der Waals surface area contributed by atoms with Gasteiger partial charge >= 0.3 is 5.97 Å². The maximum atomic E-state index is 12.0. The van der Waals surface area contributed by atoms with Crippen LogP contribution in [0.25, 0.3) is 0 Å². The van der Waals surface area contributed by atoms with Crippen molar-refractivity contribution in [2.24, 2.45) is 0 Å². The Morgan fingerprint density at radius 1 is 1.26 bits per heavy atom. The highest BCUT2D eigenvalue weighted by Crippen LogP contribution is 2.27. The normalized spacial score (nSPS) is 16.0. The second kappa shape index (κ2) is 7.63. The minimum Gasteiger partial charge on any atom is -0.496 e. The molecule has 0 bridgehead atoms. The molecule has 2 rings (SSSR count). The van der Waals surface area contributed by atoms with Gasteiger partial charge in [0.2, 0.25) is 0 Å². The van der Waals surface area contributed by atoms with E-state index < -0.39 is 24.0 Å². The molecule has 122 valence electrons. The first kappa shape index (κ1) is 16.8. The van der Waals surface area contributed by atoms with Crippen LogP contribution in [-0.4, -0.2) is 31.1 Å². The van der Waals surface area contributed by atoms with Crippen LogP contribution in [-0.2, 0) is 9.53 Å². The molecular weight excluding hydrogens is 296 g/mol. The van der Waals surface area contributed by atoms with Crippen LogP contribution in [0.2, 0.25) is 0 Å². The molecule has 0 heterocycles. The number of benzene rings is 1. The first-order valence-corrected chi connectivity index (χ1v) is 7.63. The Labute approximate surface area is 135 Å². The summed E-state index contributed by atoms with van der Waals surface area (Å²) in [6, 6.07) is 8.83. The lowest BCUT2D eigenvalue weighted by Crippen LogP contribution is -2.50. The summed E-state index contributed by atoms with van der Waals surface area (Å²) < 4.78 is 10.1. The number of carbonyl (C=O) groups is 2. The molecule has 0 aromatic heterocycles. The van der Waals surface area contributed by atoms with Crippen LogP contribution in [0.5, 0.6) is 5.75 Å². The van der Waals surface area contributed by atoms with Crippen molar-refractivity contribution in [3.05, 3.63) is 29.8 Å². The molecule has 0 unspecified atom stereocenters. The molecule has 0 radical (unpaired) electrons. The first-order valence-electron chi connectivity index (χ1n) is 7.63. The number of amides is 1. The lowest BCUT2D eigenvalue weighted by Gasteiger charge is -2.31. The fourth-order valence-corrected chi connectivity index (χ4v) is 2.75. The third-order valence-corrected chi connectivity index (χ3v) is 3.96. The number of carbonyl (C=O) groups excluding carboxylic acids is 2. The van der Waals surface area contributed by atoms with Crippen LogP contribution in [0.4, 0.5) is 0 Å². The number of rotatable bonds is 5. The van der Waals surface area contributed by atoms with E-state index in [2.05, 4.69) is 11.4 Å². The molecular formula is C17H20N2O4. The highest BCUT2D eigenvalue weighted by molar-refractivity contribution is 5.94. The third kappa shape index (κ3) is 4.22. The minimum atomic E-state index is -0.827. The maximum absolute atomic E-state index is 12.0. The summed E-state index contributed by atoms with van der Waals surface area (Å²) in [4.78, 5) is 24.0. The summed E-state index contributed by atoms with van der Waals surface area (Å²) in [6.45, 7) is -0.416. The maximum Gasteiger partial charge on any atom is 0.342 e. The standard InChI is InChI=1S/C17H20N2O4/c1-22-14-8-4-3-7-13(14)16(21)23-11-15(20)19-17(12-18)9-5-2-6-10-17/h3-4,7-8H,2,5-6,9-11H2,1H3,(H,19,20). The zero-order valence-electron chi connectivity index (χ0n) is 13.1. The highest BCUT2D eigenvalue weighted by Gasteiger charge is 2.33. The summed E-state index contributed by atoms with van der Waals surface area (Å²) in [5.41, 5.74) is -0.568. The van der Waals surface area contributed by atoms with Crippen LogP contribution < -0.4 is 10.1 Å². The summed E-state index contributed by atoms with van der Waals surface area (Å²) in [5, 5.41) is 12.0. The van der Waals surface area contributed by atoms with Crippen molar-refractivity contribution >= 4 is 11.9 Å². The number of esters is 1. The van der Waals surface area contributed by atoms with Crippen molar-refractivity contribution in [1.29, 1.82) is 5.26 Å². The van der Waals surface area contributed by atoms with E-state index in [-0.39, 0.29) is 5.56 Å². The second-order valence-corrected chi connectivity index (χ2v) is 5.58. The third-order valence-electron chi connectivity index (χ3n) is 3.96. The first-order chi connectivity index (χ1) is 11.1. The van der Waals surface area contributed by atoms with E-state index in [9.17, 15) is 14.9 Å². The molecule has 0 spiro atoms. The Balaban J connectivity index is 1.91. The smallest absolute Gasteiger partial charge is 0.342 e. The lowest BCUT2D eigenvalue weighted by atomic mass is 9.83. The number of methoxy groups -OCH3 is 1. The van der Waals surface area contributed by atoms with Crippen molar-refractivity contribution in [3.63, 3.8) is 0 Å². The molecule has 1 saturated carbocycles. The van der Waals surface area contributed by atoms with Gasteiger partial charge in [-0.3, -0.25) is 4.79 Å². The van der Waals surface area contributed by atoms with Gasteiger partial charge in [-0.15, -0.1) is 0 Å². The summed E-state index contributed by atoms with van der Waals surface area (Å²) >= 11 is 0. The van der Waals surface area contributed by atoms with Crippen molar-refractivity contribution in [1.82, 2.24) is 5.32 Å². The molecule has 23 heavy (non-hydrogen) atoms. The Morgan fingerprint density at radius 3 is 2.61 bits per heavy atom. The van der Waals surface area contributed by atoms with Gasteiger partial charge in [-0.05, 0) is 25.0 Å². The van der Waals surface area contributed by atoms with Gasteiger partial charge in [0.1, 0.15) is 16.9 Å². The molecule has 0 aliphatic heterocycles. The zero-order valence-corrected chi connectivity index (χ0v) is 13.1. The van der Waals surface area contributed by atoms with Gasteiger partial charge in [0, 0.05) is 0 Å². The average Bonchev–Trinajstić information content (AvgIpc) is 2.60. The van der Waals surface area contributed by atoms with Gasteiger partial charge in [0.05, 0.1) is 13.2 Å². The quantitative estimate of drug-likeness (QED) is 0.841. The van der Waals surface area contributed by atoms with Crippen LogP contribution in [0, 0.1) is 11.3 Å². The molecule has 1 amide bonds. The Kier molecular flexibility index (Phi) is 5.58. The second-order valence-electron chi connectivity index (χ2n) is 5.58. The van der Waals surface area contributed by atoms with Crippen molar-refractivity contribution in [2.45, 2.75) is 37.6 Å². The fraction of sp³-hybridized carbons (Fsp3) is 0.471. The lowest BCUT2D eigenvalue weighted by molar-refractivity contribution is -0.125. The Morgan fingerprint density at radius 2 is 1.96 bits per heavy atom. The van der Waals surface area contributed by atoms with Gasteiger partial charge in [-0.25, -0.2) is 4.79 Å². The molecule has 0 atom stereocenters. The van der Waals surface area contributed by atoms with E-state index in [0.29, 0.717) is 18.6 Å². The Bertz CT molecular complexity index is 615. The van der Waals surface area contributed by atoms with E-state index in [1.807, 2.05) is 0 Å². The van der Waals surface area contributed by atoms with E-state index in [1.165, 1.54) is 7.11 Å². The fourth-order valence-electron chi connectivity index (χ4n) is 2.75. The summed E-state index contributed by atoms with van der Waals surface area (Å²) in [7, 11) is 1.46. The molecule has 6 nitrogen and oxygen atoms in total. The van der Waals surface area contributed by atoms with Crippen LogP contribution >= 0.6 is 0 Å². The summed E-state index contributed by atoms with van der Waals surface area (Å²) in [6.07, 6.45) is 4.16. The van der Waals surface area contributed by atoms with E-state index in [1.54, 1.807) is 24.3 Å². The van der Waals surface area contributed by atoms with E-state index >= 15 is 0 Å². The molecule has 1 aliphatic rings. The van der Waals surface area contributed by atoms with Crippen LogP contribution in [0.15, 0.2) is 24.3 Å². The number of nitrogens with one attached hydrogen (secondary N) is 1. The SMILES string of the molecule is COc1ccccc1C(=O)OCC(=O)NC1(C#N)CCCCC1. The van der Waals surface area contributed by atoms with Gasteiger partial charge in [0.25, 0.3) is 5.91 Å². The van der Waals surface area contributed by atoms with E-state index in [0.717, 1.165) is 19.3 Å². The molecule has 6 heteroatoms. The number of ether oxygens (including phenoxy) is 2. The number of hydrogen-bond acceptors (Lipinski definition) is 5. The topological polar surface area (TPSA) is 88.4 Å². The van der Waals surface area contributed by atoms with Crippen LogP contribution in [0.1, 0.15) is 42.5 Å². The van der Waals surface area contributed by atoms with Gasteiger partial charge in [-0.2, -0.15) is 5.26 Å². The predicted molar refractivity (Wildman–Crippen MR) is 82.8 cm³/mol. The molecule has 1 fully saturated rings. The molecule has 1 aromatic carbocycles. The molecule has 1 aromatic rings. The van der Waals surface area contributed by atoms with Gasteiger partial charge in [-0.1, -0.05) is 31.4 Å². The van der Waals surface area contributed by atoms with Crippen molar-refractivity contribution < 1.29 is 19.1 Å². The average molecular weight is 316 g/mol. The molecule has 0 saturated heterocycles. The predicted octanol–water partition coefficient (Wildman–Crippen LogP) is 2.19. The van der Waals surface area contributed by atoms with E-state index in [4.69, 9.17) is 9.47 Å². The number of para-hydroxylation sites is 1. The molecule has 1 N–H and O–H groups in total. The monoisotopic (exact) mass is 316 g/mol. The summed E-state index contributed by atoms with van der Waals surface area (Å²) in [5.74, 6) is -0.706. The number of hydrogen-bond donors (Lipinski definition) is 1. The minimum absolute atomic E-state index is 0.260. The molecule has 1 aliphatic carbocycles. The number of nitriles is 1. The van der Waals surface area contributed by atoms with Crippen LogP contribution in [0.3, 0.4) is 0 Å². The van der Waals surface area contributed by atoms with Crippen molar-refractivity contribution in [3.8, 4) is 11.8 Å².